The molecule has 0 saturated carbocycles. The van der Waals surface area contributed by atoms with E-state index >= 15 is 0 Å². The molecule has 3 nitrogen and oxygen atoms in total. The summed E-state index contributed by atoms with van der Waals surface area (Å²) in [4.78, 5) is 13.1. The molecule has 74 valence electrons. The van der Waals surface area contributed by atoms with Gasteiger partial charge in [-0.2, -0.15) is 0 Å². The highest BCUT2D eigenvalue weighted by atomic mass is 32.2. The number of carbonyl (C=O) groups is 1. The number of thioether (sulfide) groups is 1. The van der Waals surface area contributed by atoms with Crippen LogP contribution in [0.1, 0.15) is 13.3 Å². The Bertz CT molecular complexity index is 208. The Morgan fingerprint density at radius 1 is 1.77 bits per heavy atom. The standard InChI is InChI=1S/C8H13NO2S2/c1-2-11-6-7(10)9-4-3-5-13-8(9)12/h2-6H2,1H3. The van der Waals surface area contributed by atoms with Gasteiger partial charge in [0, 0.05) is 18.9 Å². The summed E-state index contributed by atoms with van der Waals surface area (Å²) in [5.41, 5.74) is 0. The fourth-order valence-electron chi connectivity index (χ4n) is 1.05. The molecule has 0 radical (unpaired) electrons. The topological polar surface area (TPSA) is 29.5 Å². The molecule has 0 aromatic heterocycles. The predicted molar refractivity (Wildman–Crippen MR) is 57.9 cm³/mol. The van der Waals surface area contributed by atoms with Crippen LogP contribution in [-0.4, -0.2) is 40.6 Å². The minimum Gasteiger partial charge on any atom is -0.372 e. The van der Waals surface area contributed by atoms with E-state index in [1.165, 1.54) is 0 Å². The number of thiocarbonyl (C=S) groups is 1. The molecular formula is C8H13NO2S2. The van der Waals surface area contributed by atoms with E-state index in [4.69, 9.17) is 17.0 Å². The van der Waals surface area contributed by atoms with E-state index in [1.54, 1.807) is 16.7 Å². The third kappa shape index (κ3) is 3.25. The third-order valence-corrected chi connectivity index (χ3v) is 3.24. The van der Waals surface area contributed by atoms with Gasteiger partial charge in [0.25, 0.3) is 5.91 Å². The monoisotopic (exact) mass is 219 g/mol. The van der Waals surface area contributed by atoms with Crippen molar-refractivity contribution in [3.8, 4) is 0 Å². The van der Waals surface area contributed by atoms with Gasteiger partial charge in [0.05, 0.1) is 0 Å². The molecular weight excluding hydrogens is 206 g/mol. The van der Waals surface area contributed by atoms with Gasteiger partial charge in [0.15, 0.2) is 0 Å². The summed E-state index contributed by atoms with van der Waals surface area (Å²) in [6.07, 6.45) is 1.02. The lowest BCUT2D eigenvalue weighted by molar-refractivity contribution is -0.131. The fourth-order valence-corrected chi connectivity index (χ4v) is 2.29. The molecule has 1 heterocycles. The first-order valence-electron chi connectivity index (χ1n) is 4.30. The molecule has 1 aliphatic heterocycles. The van der Waals surface area contributed by atoms with E-state index in [1.807, 2.05) is 6.92 Å². The maximum atomic E-state index is 11.5. The van der Waals surface area contributed by atoms with Crippen molar-refractivity contribution in [3.05, 3.63) is 0 Å². The van der Waals surface area contributed by atoms with Crippen LogP contribution in [-0.2, 0) is 9.53 Å². The van der Waals surface area contributed by atoms with Crippen molar-refractivity contribution in [2.24, 2.45) is 0 Å². The van der Waals surface area contributed by atoms with Crippen molar-refractivity contribution in [1.29, 1.82) is 0 Å². The second kappa shape index (κ2) is 5.57. The Balaban J connectivity index is 2.39. The molecule has 0 aromatic carbocycles. The van der Waals surface area contributed by atoms with Crippen LogP contribution in [0.25, 0.3) is 0 Å². The van der Waals surface area contributed by atoms with Crippen molar-refractivity contribution in [2.75, 3.05) is 25.5 Å². The number of rotatable bonds is 3. The van der Waals surface area contributed by atoms with Crippen molar-refractivity contribution >= 4 is 34.2 Å². The lowest BCUT2D eigenvalue weighted by atomic mass is 10.4. The first-order valence-corrected chi connectivity index (χ1v) is 5.70. The number of carbonyl (C=O) groups excluding carboxylic acids is 1. The number of hydrogen-bond acceptors (Lipinski definition) is 4. The van der Waals surface area contributed by atoms with Gasteiger partial charge in [-0.1, -0.05) is 24.0 Å². The van der Waals surface area contributed by atoms with E-state index in [9.17, 15) is 4.79 Å². The number of ether oxygens (including phenoxy) is 1. The Labute approximate surface area is 87.8 Å². The zero-order valence-corrected chi connectivity index (χ0v) is 9.25. The van der Waals surface area contributed by atoms with Crippen molar-refractivity contribution in [2.45, 2.75) is 13.3 Å². The van der Waals surface area contributed by atoms with Crippen LogP contribution < -0.4 is 0 Å². The van der Waals surface area contributed by atoms with Gasteiger partial charge in [-0.25, -0.2) is 0 Å². The lowest BCUT2D eigenvalue weighted by Gasteiger charge is -2.26. The van der Waals surface area contributed by atoms with E-state index < -0.39 is 0 Å². The van der Waals surface area contributed by atoms with Crippen molar-refractivity contribution < 1.29 is 9.53 Å². The van der Waals surface area contributed by atoms with Crippen LogP contribution >= 0.6 is 24.0 Å². The van der Waals surface area contributed by atoms with Crippen LogP contribution in [0.2, 0.25) is 0 Å². The summed E-state index contributed by atoms with van der Waals surface area (Å²) in [6, 6.07) is 0. The summed E-state index contributed by atoms with van der Waals surface area (Å²) < 4.78 is 5.73. The summed E-state index contributed by atoms with van der Waals surface area (Å²) in [5.74, 6) is 1.01. The van der Waals surface area contributed by atoms with Gasteiger partial charge >= 0.3 is 0 Å². The van der Waals surface area contributed by atoms with E-state index in [-0.39, 0.29) is 12.5 Å². The molecule has 0 unspecified atom stereocenters. The number of hydrogen-bond donors (Lipinski definition) is 0. The summed E-state index contributed by atoms with van der Waals surface area (Å²) in [7, 11) is 0. The molecule has 1 saturated heterocycles. The molecule has 1 amide bonds. The highest BCUT2D eigenvalue weighted by molar-refractivity contribution is 8.23. The van der Waals surface area contributed by atoms with Crippen LogP contribution in [0, 0.1) is 0 Å². The molecule has 1 fully saturated rings. The van der Waals surface area contributed by atoms with Crippen LogP contribution in [0.4, 0.5) is 0 Å². The molecule has 5 heteroatoms. The van der Waals surface area contributed by atoms with Crippen LogP contribution in [0.15, 0.2) is 0 Å². The molecule has 0 N–H and O–H groups in total. The fraction of sp³-hybridized carbons (Fsp3) is 0.750. The third-order valence-electron chi connectivity index (χ3n) is 1.70. The highest BCUT2D eigenvalue weighted by Crippen LogP contribution is 2.17. The minimum absolute atomic E-state index is 0.0148. The average Bonchev–Trinajstić information content (AvgIpc) is 2.15. The average molecular weight is 219 g/mol. The second-order valence-electron chi connectivity index (χ2n) is 2.65. The Morgan fingerprint density at radius 3 is 3.15 bits per heavy atom. The predicted octanol–water partition coefficient (Wildman–Crippen LogP) is 1.27. The molecule has 1 aliphatic rings. The zero-order valence-electron chi connectivity index (χ0n) is 7.62. The SMILES string of the molecule is CCOCC(=O)N1CCCSC1=S. The molecule has 0 atom stereocenters. The van der Waals surface area contributed by atoms with Gasteiger partial charge in [-0.3, -0.25) is 9.69 Å². The molecule has 0 spiro atoms. The van der Waals surface area contributed by atoms with Crippen molar-refractivity contribution in [1.82, 2.24) is 4.90 Å². The highest BCUT2D eigenvalue weighted by Gasteiger charge is 2.21. The largest absolute Gasteiger partial charge is 0.372 e. The van der Waals surface area contributed by atoms with E-state index in [0.29, 0.717) is 10.9 Å². The Hall–Kier alpha value is -0.130. The van der Waals surface area contributed by atoms with Crippen LogP contribution in [0.3, 0.4) is 0 Å². The first-order chi connectivity index (χ1) is 6.25. The summed E-state index contributed by atoms with van der Waals surface area (Å²) in [6.45, 7) is 3.34. The maximum absolute atomic E-state index is 11.5. The van der Waals surface area contributed by atoms with Gasteiger partial charge in [-0.05, 0) is 13.3 Å². The summed E-state index contributed by atoms with van der Waals surface area (Å²) in [5, 5.41) is 0. The molecule has 0 bridgehead atoms. The summed E-state index contributed by atoms with van der Waals surface area (Å²) >= 11 is 6.64. The van der Waals surface area contributed by atoms with Gasteiger partial charge in [0.2, 0.25) is 0 Å². The molecule has 1 rings (SSSR count). The van der Waals surface area contributed by atoms with Gasteiger partial charge < -0.3 is 4.74 Å². The minimum atomic E-state index is -0.0148. The van der Waals surface area contributed by atoms with E-state index in [0.717, 1.165) is 18.7 Å². The quantitative estimate of drug-likeness (QED) is 0.669. The first kappa shape index (κ1) is 10.9. The van der Waals surface area contributed by atoms with E-state index in [2.05, 4.69) is 0 Å². The zero-order chi connectivity index (χ0) is 9.68. The molecule has 0 aliphatic carbocycles. The second-order valence-corrected chi connectivity index (χ2v) is 4.38. The van der Waals surface area contributed by atoms with Crippen LogP contribution in [0.5, 0.6) is 0 Å². The smallest absolute Gasteiger partial charge is 0.253 e. The molecule has 13 heavy (non-hydrogen) atoms. The Kier molecular flexibility index (Phi) is 4.69. The van der Waals surface area contributed by atoms with Gasteiger partial charge in [0.1, 0.15) is 10.9 Å². The normalized spacial score (nSPS) is 17.6. The van der Waals surface area contributed by atoms with Crippen molar-refractivity contribution in [3.63, 3.8) is 0 Å². The van der Waals surface area contributed by atoms with Gasteiger partial charge in [-0.15, -0.1) is 0 Å². The Morgan fingerprint density at radius 2 is 2.54 bits per heavy atom. The lowest BCUT2D eigenvalue weighted by Crippen LogP contribution is -2.40. The number of amides is 1. The number of nitrogens with zero attached hydrogens (tertiary/aromatic N) is 1. The molecule has 0 aromatic rings. The maximum Gasteiger partial charge on any atom is 0.253 e.